The number of nitro benzene ring substituents is 1. The maximum atomic E-state index is 12.1. The number of carbonyl (C=O) groups excluding carboxylic acids is 1. The summed E-state index contributed by atoms with van der Waals surface area (Å²) >= 11 is 0. The van der Waals surface area contributed by atoms with E-state index < -0.39 is 4.92 Å². The van der Waals surface area contributed by atoms with Crippen molar-refractivity contribution in [1.29, 1.82) is 0 Å². The van der Waals surface area contributed by atoms with Gasteiger partial charge in [0.15, 0.2) is 5.78 Å². The van der Waals surface area contributed by atoms with E-state index in [0.717, 1.165) is 13.0 Å². The first-order valence-corrected chi connectivity index (χ1v) is 6.47. The molecule has 5 nitrogen and oxygen atoms in total. The molecule has 0 aliphatic rings. The van der Waals surface area contributed by atoms with E-state index >= 15 is 0 Å². The van der Waals surface area contributed by atoms with Gasteiger partial charge in [-0.05, 0) is 26.8 Å². The highest BCUT2D eigenvalue weighted by molar-refractivity contribution is 5.98. The fourth-order valence-electron chi connectivity index (χ4n) is 1.88. The number of ketones is 1. The molecule has 0 bridgehead atoms. The van der Waals surface area contributed by atoms with Crippen molar-refractivity contribution in [1.82, 2.24) is 4.90 Å². The van der Waals surface area contributed by atoms with Crippen molar-refractivity contribution in [3.63, 3.8) is 0 Å². The average molecular weight is 264 g/mol. The number of rotatable bonds is 7. The van der Waals surface area contributed by atoms with Crippen molar-refractivity contribution in [2.24, 2.45) is 0 Å². The van der Waals surface area contributed by atoms with Gasteiger partial charge in [-0.2, -0.15) is 0 Å². The topological polar surface area (TPSA) is 63.5 Å². The molecule has 0 aliphatic carbocycles. The maximum absolute atomic E-state index is 12.1. The number of non-ortho nitro benzene ring substituents is 1. The SMILES string of the molecule is CCCN(CC(=O)c1cccc([N+](=O)[O-])c1)C(C)C. The molecule has 0 heterocycles. The van der Waals surface area contributed by atoms with Crippen LogP contribution in [0, 0.1) is 10.1 Å². The van der Waals surface area contributed by atoms with Gasteiger partial charge in [0, 0.05) is 23.7 Å². The lowest BCUT2D eigenvalue weighted by atomic mass is 10.1. The van der Waals surface area contributed by atoms with Gasteiger partial charge in [0.2, 0.25) is 0 Å². The summed E-state index contributed by atoms with van der Waals surface area (Å²) in [5.41, 5.74) is 0.355. The first-order chi connectivity index (χ1) is 8.95. The Balaban J connectivity index is 2.82. The van der Waals surface area contributed by atoms with Gasteiger partial charge in [0.1, 0.15) is 0 Å². The lowest BCUT2D eigenvalue weighted by molar-refractivity contribution is -0.384. The lowest BCUT2D eigenvalue weighted by Crippen LogP contribution is -2.36. The lowest BCUT2D eigenvalue weighted by Gasteiger charge is -2.24. The Bertz CT molecular complexity index is 458. The summed E-state index contributed by atoms with van der Waals surface area (Å²) in [7, 11) is 0. The van der Waals surface area contributed by atoms with Crippen molar-refractivity contribution in [3.8, 4) is 0 Å². The van der Waals surface area contributed by atoms with E-state index in [1.54, 1.807) is 12.1 Å². The molecule has 0 saturated carbocycles. The highest BCUT2D eigenvalue weighted by atomic mass is 16.6. The molecular weight excluding hydrogens is 244 g/mol. The van der Waals surface area contributed by atoms with Crippen molar-refractivity contribution >= 4 is 11.5 Å². The van der Waals surface area contributed by atoms with E-state index in [1.807, 2.05) is 13.8 Å². The molecule has 0 atom stereocenters. The summed E-state index contributed by atoms with van der Waals surface area (Å²) < 4.78 is 0. The second kappa shape index (κ2) is 6.99. The number of carbonyl (C=O) groups is 1. The normalized spacial score (nSPS) is 11.0. The second-order valence-corrected chi connectivity index (χ2v) is 4.79. The van der Waals surface area contributed by atoms with Crippen LogP contribution in [0.3, 0.4) is 0 Å². The Morgan fingerprint density at radius 1 is 1.42 bits per heavy atom. The van der Waals surface area contributed by atoms with Crippen molar-refractivity contribution < 1.29 is 9.72 Å². The van der Waals surface area contributed by atoms with Crippen LogP contribution in [0.5, 0.6) is 0 Å². The molecule has 1 rings (SSSR count). The molecule has 0 radical (unpaired) electrons. The molecule has 0 N–H and O–H groups in total. The Morgan fingerprint density at radius 2 is 2.11 bits per heavy atom. The van der Waals surface area contributed by atoms with Gasteiger partial charge >= 0.3 is 0 Å². The Morgan fingerprint density at radius 3 is 2.63 bits per heavy atom. The zero-order chi connectivity index (χ0) is 14.4. The number of benzene rings is 1. The van der Waals surface area contributed by atoms with E-state index in [0.29, 0.717) is 12.1 Å². The van der Waals surface area contributed by atoms with Crippen LogP contribution < -0.4 is 0 Å². The van der Waals surface area contributed by atoms with Gasteiger partial charge in [-0.3, -0.25) is 19.8 Å². The zero-order valence-corrected chi connectivity index (χ0v) is 11.6. The Hall–Kier alpha value is -1.75. The predicted octanol–water partition coefficient (Wildman–Crippen LogP) is 2.90. The van der Waals surface area contributed by atoms with Gasteiger partial charge in [0.05, 0.1) is 11.5 Å². The van der Waals surface area contributed by atoms with E-state index in [1.165, 1.54) is 12.1 Å². The van der Waals surface area contributed by atoms with E-state index in [4.69, 9.17) is 0 Å². The molecule has 0 saturated heterocycles. The summed E-state index contributed by atoms with van der Waals surface area (Å²) in [6.07, 6.45) is 0.973. The third kappa shape index (κ3) is 4.44. The van der Waals surface area contributed by atoms with E-state index in [-0.39, 0.29) is 17.5 Å². The highest BCUT2D eigenvalue weighted by Crippen LogP contribution is 2.14. The number of Topliss-reactive ketones (excluding diaryl/α,β-unsaturated/α-hetero) is 1. The Labute approximate surface area is 113 Å². The maximum Gasteiger partial charge on any atom is 0.270 e. The molecule has 1 aromatic carbocycles. The molecule has 104 valence electrons. The second-order valence-electron chi connectivity index (χ2n) is 4.79. The molecule has 0 fully saturated rings. The Kier molecular flexibility index (Phi) is 5.63. The monoisotopic (exact) mass is 264 g/mol. The number of hydrogen-bond donors (Lipinski definition) is 0. The first kappa shape index (κ1) is 15.3. The smallest absolute Gasteiger partial charge is 0.270 e. The van der Waals surface area contributed by atoms with E-state index in [9.17, 15) is 14.9 Å². The van der Waals surface area contributed by atoms with Crippen molar-refractivity contribution in [3.05, 3.63) is 39.9 Å². The minimum atomic E-state index is -0.483. The molecule has 1 aromatic rings. The minimum Gasteiger partial charge on any atom is -0.293 e. The standard InChI is InChI=1S/C14H20N2O3/c1-4-8-15(11(2)3)10-14(17)12-6-5-7-13(9-12)16(18)19/h5-7,9,11H,4,8,10H2,1-3H3. The quantitative estimate of drug-likeness (QED) is 0.431. The molecule has 0 aromatic heterocycles. The summed E-state index contributed by atoms with van der Waals surface area (Å²) in [6, 6.07) is 6.18. The fourth-order valence-corrected chi connectivity index (χ4v) is 1.88. The van der Waals surface area contributed by atoms with Crippen LogP contribution in [0.1, 0.15) is 37.6 Å². The summed E-state index contributed by atoms with van der Waals surface area (Å²) in [4.78, 5) is 24.4. The molecule has 0 aliphatic heterocycles. The third-order valence-corrected chi connectivity index (χ3v) is 2.97. The van der Waals surface area contributed by atoms with Crippen molar-refractivity contribution in [2.75, 3.05) is 13.1 Å². The van der Waals surface area contributed by atoms with Gasteiger partial charge in [-0.25, -0.2) is 0 Å². The van der Waals surface area contributed by atoms with Crippen LogP contribution in [0.15, 0.2) is 24.3 Å². The van der Waals surface area contributed by atoms with Crippen LogP contribution >= 0.6 is 0 Å². The largest absolute Gasteiger partial charge is 0.293 e. The third-order valence-electron chi connectivity index (χ3n) is 2.97. The van der Waals surface area contributed by atoms with Gasteiger partial charge in [0.25, 0.3) is 5.69 Å². The van der Waals surface area contributed by atoms with Gasteiger partial charge in [-0.1, -0.05) is 19.1 Å². The van der Waals surface area contributed by atoms with Crippen LogP contribution in [0.4, 0.5) is 5.69 Å². The average Bonchev–Trinajstić information content (AvgIpc) is 2.38. The fraction of sp³-hybridized carbons (Fsp3) is 0.500. The minimum absolute atomic E-state index is 0.0440. The molecule has 19 heavy (non-hydrogen) atoms. The van der Waals surface area contributed by atoms with Crippen LogP contribution in [-0.2, 0) is 0 Å². The number of nitro groups is 1. The molecule has 0 amide bonds. The van der Waals surface area contributed by atoms with Crippen LogP contribution in [0.2, 0.25) is 0 Å². The van der Waals surface area contributed by atoms with E-state index in [2.05, 4.69) is 11.8 Å². The summed E-state index contributed by atoms with van der Waals surface area (Å²) in [5, 5.41) is 10.7. The predicted molar refractivity (Wildman–Crippen MR) is 74.4 cm³/mol. The zero-order valence-electron chi connectivity index (χ0n) is 11.6. The van der Waals surface area contributed by atoms with Crippen LogP contribution in [0.25, 0.3) is 0 Å². The van der Waals surface area contributed by atoms with Gasteiger partial charge < -0.3 is 0 Å². The van der Waals surface area contributed by atoms with Crippen molar-refractivity contribution in [2.45, 2.75) is 33.2 Å². The number of hydrogen-bond acceptors (Lipinski definition) is 4. The molecule has 0 spiro atoms. The highest BCUT2D eigenvalue weighted by Gasteiger charge is 2.16. The molecular formula is C14H20N2O3. The van der Waals surface area contributed by atoms with Gasteiger partial charge in [-0.15, -0.1) is 0 Å². The number of nitrogens with zero attached hydrogens (tertiary/aromatic N) is 2. The molecule has 5 heteroatoms. The summed E-state index contributed by atoms with van der Waals surface area (Å²) in [5.74, 6) is -0.0779. The molecule has 0 unspecified atom stereocenters. The first-order valence-electron chi connectivity index (χ1n) is 6.47. The summed E-state index contributed by atoms with van der Waals surface area (Å²) in [6.45, 7) is 7.28. The van der Waals surface area contributed by atoms with Crippen LogP contribution in [-0.4, -0.2) is 34.7 Å².